The Morgan fingerprint density at radius 1 is 1.33 bits per heavy atom. The van der Waals surface area contributed by atoms with Crippen molar-refractivity contribution in [2.45, 2.75) is 58.2 Å². The van der Waals surface area contributed by atoms with Crippen molar-refractivity contribution in [3.63, 3.8) is 0 Å². The molecule has 1 aromatic rings. The maximum atomic E-state index is 10.3. The predicted molar refractivity (Wildman–Crippen MR) is 75.4 cm³/mol. The lowest BCUT2D eigenvalue weighted by molar-refractivity contribution is -0.0327. The van der Waals surface area contributed by atoms with E-state index in [9.17, 15) is 5.11 Å². The van der Waals surface area contributed by atoms with Crippen molar-refractivity contribution in [3.8, 4) is 0 Å². The predicted octanol–water partition coefficient (Wildman–Crippen LogP) is 3.50. The third-order valence-corrected chi connectivity index (χ3v) is 3.97. The van der Waals surface area contributed by atoms with Crippen LogP contribution in [0.15, 0.2) is 24.3 Å². The smallest absolute Gasteiger partial charge is 0.107 e. The molecule has 0 saturated heterocycles. The molecule has 1 aromatic carbocycles. The Balaban J connectivity index is 2.26. The molecule has 2 rings (SSSR count). The zero-order valence-corrected chi connectivity index (χ0v) is 11.6. The third-order valence-electron chi connectivity index (χ3n) is 3.97. The van der Waals surface area contributed by atoms with Gasteiger partial charge in [0.15, 0.2) is 0 Å². The molecule has 0 bridgehead atoms. The first-order chi connectivity index (χ1) is 8.77. The highest BCUT2D eigenvalue weighted by molar-refractivity contribution is 5.32. The molecule has 0 radical (unpaired) electrons. The maximum absolute atomic E-state index is 10.3. The highest BCUT2D eigenvalue weighted by Crippen LogP contribution is 2.35. The fraction of sp³-hybridized carbons (Fsp3) is 0.625. The van der Waals surface area contributed by atoms with Gasteiger partial charge in [-0.15, -0.1) is 0 Å². The zero-order chi connectivity index (χ0) is 13.0. The quantitative estimate of drug-likeness (QED) is 0.805. The lowest BCUT2D eigenvalue weighted by atomic mass is 9.86. The number of aliphatic hydroxyl groups excluding tert-OH is 1. The summed E-state index contributed by atoms with van der Waals surface area (Å²) in [4.78, 5) is 2.29. The van der Waals surface area contributed by atoms with Crippen molar-refractivity contribution in [1.29, 1.82) is 0 Å². The average Bonchev–Trinajstić information content (AvgIpc) is 2.43. The number of hydrogen-bond donors (Lipinski definition) is 1. The van der Waals surface area contributed by atoms with Crippen LogP contribution < -0.4 is 0 Å². The lowest BCUT2D eigenvalue weighted by Gasteiger charge is -2.38. The summed E-state index contributed by atoms with van der Waals surface area (Å²) < 4.78 is 0. The number of aryl methyl sites for hydroxylation is 1. The molecule has 100 valence electrons. The summed E-state index contributed by atoms with van der Waals surface area (Å²) in [5, 5.41) is 10.3. The van der Waals surface area contributed by atoms with Gasteiger partial charge in [0.1, 0.15) is 6.23 Å². The van der Waals surface area contributed by atoms with Gasteiger partial charge < -0.3 is 5.11 Å². The highest BCUT2D eigenvalue weighted by Gasteiger charge is 2.28. The fourth-order valence-corrected chi connectivity index (χ4v) is 3.08. The summed E-state index contributed by atoms with van der Waals surface area (Å²) in [6, 6.07) is 9.14. The first-order valence-corrected chi connectivity index (χ1v) is 7.29. The van der Waals surface area contributed by atoms with Crippen molar-refractivity contribution in [2.24, 2.45) is 0 Å². The summed E-state index contributed by atoms with van der Waals surface area (Å²) in [5.41, 5.74) is 2.91. The van der Waals surface area contributed by atoms with Gasteiger partial charge in [0.2, 0.25) is 0 Å². The van der Waals surface area contributed by atoms with Crippen LogP contribution in [-0.2, 0) is 6.42 Å². The fourth-order valence-electron chi connectivity index (χ4n) is 3.08. The zero-order valence-electron chi connectivity index (χ0n) is 11.6. The standard InChI is InChI=1S/C16H25NO/c1-3-12-17(16(18)4-2)15-11-7-9-13-8-5-6-10-14(13)15/h5-6,8,10,15-16,18H,3-4,7,9,11-12H2,1-2H3. The topological polar surface area (TPSA) is 23.5 Å². The summed E-state index contributed by atoms with van der Waals surface area (Å²) in [7, 11) is 0. The Bertz CT molecular complexity index is 377. The number of hydrogen-bond acceptors (Lipinski definition) is 2. The molecule has 0 spiro atoms. The first kappa shape index (κ1) is 13.6. The second-order valence-corrected chi connectivity index (χ2v) is 5.23. The van der Waals surface area contributed by atoms with Crippen molar-refractivity contribution in [3.05, 3.63) is 35.4 Å². The van der Waals surface area contributed by atoms with E-state index in [1.807, 2.05) is 0 Å². The molecule has 1 aliphatic rings. The lowest BCUT2D eigenvalue weighted by Crippen LogP contribution is -2.40. The van der Waals surface area contributed by atoms with Crippen molar-refractivity contribution < 1.29 is 5.11 Å². The largest absolute Gasteiger partial charge is 0.378 e. The van der Waals surface area contributed by atoms with Gasteiger partial charge in [-0.25, -0.2) is 0 Å². The van der Waals surface area contributed by atoms with Crippen LogP contribution in [0.2, 0.25) is 0 Å². The number of nitrogens with zero attached hydrogens (tertiary/aromatic N) is 1. The van der Waals surface area contributed by atoms with Gasteiger partial charge in [0.25, 0.3) is 0 Å². The van der Waals surface area contributed by atoms with Crippen molar-refractivity contribution in [1.82, 2.24) is 4.90 Å². The van der Waals surface area contributed by atoms with E-state index in [0.717, 1.165) is 19.4 Å². The molecule has 2 heteroatoms. The molecular weight excluding hydrogens is 222 g/mol. The summed E-state index contributed by atoms with van der Waals surface area (Å²) in [5.74, 6) is 0. The molecule has 0 aliphatic heterocycles. The van der Waals surface area contributed by atoms with E-state index < -0.39 is 0 Å². The van der Waals surface area contributed by atoms with Crippen LogP contribution in [0.25, 0.3) is 0 Å². The average molecular weight is 247 g/mol. The molecule has 1 aliphatic carbocycles. The van der Waals surface area contributed by atoms with E-state index in [-0.39, 0.29) is 6.23 Å². The normalized spacial score (nSPS) is 20.8. The van der Waals surface area contributed by atoms with Crippen LogP contribution in [0.1, 0.15) is 56.7 Å². The van der Waals surface area contributed by atoms with Crippen molar-refractivity contribution in [2.75, 3.05) is 6.54 Å². The minimum absolute atomic E-state index is 0.305. The number of fused-ring (bicyclic) bond motifs is 1. The van der Waals surface area contributed by atoms with E-state index >= 15 is 0 Å². The van der Waals surface area contributed by atoms with E-state index in [1.165, 1.54) is 30.4 Å². The van der Waals surface area contributed by atoms with Gasteiger partial charge in [-0.2, -0.15) is 0 Å². The molecule has 18 heavy (non-hydrogen) atoms. The molecule has 0 heterocycles. The van der Waals surface area contributed by atoms with Crippen LogP contribution in [0.3, 0.4) is 0 Å². The molecule has 0 fully saturated rings. The SMILES string of the molecule is CCCN(C(O)CC)C1CCCc2ccccc21. The molecule has 0 saturated carbocycles. The maximum Gasteiger partial charge on any atom is 0.107 e. The van der Waals surface area contributed by atoms with Crippen LogP contribution in [0, 0.1) is 0 Å². The van der Waals surface area contributed by atoms with Gasteiger partial charge in [-0.05, 0) is 43.2 Å². The van der Waals surface area contributed by atoms with Gasteiger partial charge in [-0.3, -0.25) is 4.90 Å². The monoisotopic (exact) mass is 247 g/mol. The molecular formula is C16H25NO. The highest BCUT2D eigenvalue weighted by atomic mass is 16.3. The van der Waals surface area contributed by atoms with E-state index in [2.05, 4.69) is 43.0 Å². The van der Waals surface area contributed by atoms with Gasteiger partial charge in [0, 0.05) is 12.6 Å². The third kappa shape index (κ3) is 2.76. The van der Waals surface area contributed by atoms with Gasteiger partial charge >= 0.3 is 0 Å². The molecule has 1 N–H and O–H groups in total. The number of rotatable bonds is 5. The van der Waals surface area contributed by atoms with Gasteiger partial charge in [0.05, 0.1) is 0 Å². The Morgan fingerprint density at radius 2 is 2.11 bits per heavy atom. The molecule has 2 atom stereocenters. The molecule has 2 nitrogen and oxygen atoms in total. The second kappa shape index (κ2) is 6.35. The minimum atomic E-state index is -0.305. The Morgan fingerprint density at radius 3 is 2.83 bits per heavy atom. The van der Waals surface area contributed by atoms with E-state index in [4.69, 9.17) is 0 Å². The Kier molecular flexibility index (Phi) is 4.79. The molecule has 0 amide bonds. The van der Waals surface area contributed by atoms with Gasteiger partial charge in [-0.1, -0.05) is 38.1 Å². The number of aliphatic hydroxyl groups is 1. The second-order valence-electron chi connectivity index (χ2n) is 5.23. The van der Waals surface area contributed by atoms with Crippen LogP contribution >= 0.6 is 0 Å². The Labute approximate surface area is 111 Å². The minimum Gasteiger partial charge on any atom is -0.378 e. The summed E-state index contributed by atoms with van der Waals surface area (Å²) in [6.45, 7) is 5.22. The van der Waals surface area contributed by atoms with Crippen molar-refractivity contribution >= 4 is 0 Å². The first-order valence-electron chi connectivity index (χ1n) is 7.29. The summed E-state index contributed by atoms with van der Waals surface area (Å²) in [6.07, 6.45) is 5.19. The number of benzene rings is 1. The van der Waals surface area contributed by atoms with Crippen LogP contribution in [0.4, 0.5) is 0 Å². The van der Waals surface area contributed by atoms with E-state index in [0.29, 0.717) is 6.04 Å². The molecule has 0 aromatic heterocycles. The molecule has 2 unspecified atom stereocenters. The van der Waals surface area contributed by atoms with Crippen LogP contribution in [-0.4, -0.2) is 22.8 Å². The van der Waals surface area contributed by atoms with E-state index in [1.54, 1.807) is 0 Å². The Hall–Kier alpha value is -0.860. The summed E-state index contributed by atoms with van der Waals surface area (Å²) >= 11 is 0. The van der Waals surface area contributed by atoms with Crippen LogP contribution in [0.5, 0.6) is 0 Å².